The first-order valence-corrected chi connectivity index (χ1v) is 5.55. The maximum atomic E-state index is 11.1. The molecule has 84 valence electrons. The van der Waals surface area contributed by atoms with Gasteiger partial charge in [0, 0.05) is 26.7 Å². The van der Waals surface area contributed by atoms with Crippen molar-refractivity contribution in [2.45, 2.75) is 18.9 Å². The smallest absolute Gasteiger partial charge is 0.409 e. The summed E-state index contributed by atoms with van der Waals surface area (Å²) in [6, 6.07) is 0. The summed E-state index contributed by atoms with van der Waals surface area (Å²) in [5, 5.41) is 0. The van der Waals surface area contributed by atoms with Gasteiger partial charge in [0.1, 0.15) is 6.10 Å². The zero-order valence-corrected chi connectivity index (χ0v) is 9.19. The number of amides is 1. The summed E-state index contributed by atoms with van der Waals surface area (Å²) in [4.78, 5) is 15.1. The van der Waals surface area contributed by atoms with Crippen LogP contribution in [0.2, 0.25) is 0 Å². The van der Waals surface area contributed by atoms with Crippen molar-refractivity contribution in [1.29, 1.82) is 0 Å². The molecule has 15 heavy (non-hydrogen) atoms. The molecular weight excluding hydrogens is 192 g/mol. The van der Waals surface area contributed by atoms with Crippen LogP contribution in [0.4, 0.5) is 4.79 Å². The summed E-state index contributed by atoms with van der Waals surface area (Å²) in [5.74, 6) is 0. The number of hydrogen-bond donors (Lipinski definition) is 0. The number of hydrogen-bond acceptors (Lipinski definition) is 3. The number of carbonyl (C=O) groups excluding carboxylic acids is 1. The highest BCUT2D eigenvalue weighted by atomic mass is 16.6. The molecule has 0 aromatic heterocycles. The molecule has 4 nitrogen and oxygen atoms in total. The maximum Gasteiger partial charge on any atom is 0.409 e. The van der Waals surface area contributed by atoms with Gasteiger partial charge in [-0.2, -0.15) is 0 Å². The summed E-state index contributed by atoms with van der Waals surface area (Å²) >= 11 is 0. The van der Waals surface area contributed by atoms with Gasteiger partial charge in [0.15, 0.2) is 0 Å². The molecule has 1 fully saturated rings. The van der Waals surface area contributed by atoms with Crippen molar-refractivity contribution in [1.82, 2.24) is 9.80 Å². The van der Waals surface area contributed by atoms with Gasteiger partial charge in [-0.25, -0.2) is 4.79 Å². The summed E-state index contributed by atoms with van der Waals surface area (Å²) < 4.78 is 5.21. The lowest BCUT2D eigenvalue weighted by molar-refractivity contribution is 0.123. The van der Waals surface area contributed by atoms with Crippen LogP contribution in [-0.4, -0.2) is 55.2 Å². The quantitative estimate of drug-likeness (QED) is 0.654. The largest absolute Gasteiger partial charge is 0.444 e. The molecule has 0 bridgehead atoms. The number of carbonyl (C=O) groups is 1. The van der Waals surface area contributed by atoms with Gasteiger partial charge in [-0.15, -0.1) is 0 Å². The van der Waals surface area contributed by atoms with Crippen LogP contribution in [0.1, 0.15) is 12.8 Å². The molecule has 2 rings (SSSR count). The predicted molar refractivity (Wildman–Crippen MR) is 57.7 cm³/mol. The Labute approximate surface area is 90.5 Å². The minimum Gasteiger partial charge on any atom is -0.444 e. The Balaban J connectivity index is 1.70. The Morgan fingerprint density at radius 3 is 3.00 bits per heavy atom. The highest BCUT2D eigenvalue weighted by Gasteiger charge is 2.28. The molecule has 0 aromatic rings. The van der Waals surface area contributed by atoms with E-state index in [2.05, 4.69) is 17.1 Å². The third kappa shape index (κ3) is 2.72. The van der Waals surface area contributed by atoms with E-state index in [-0.39, 0.29) is 12.2 Å². The second kappa shape index (κ2) is 4.66. The molecule has 2 aliphatic heterocycles. The molecule has 0 N–H and O–H groups in total. The second-order valence-electron chi connectivity index (χ2n) is 4.24. The van der Waals surface area contributed by atoms with Crippen LogP contribution in [0.15, 0.2) is 12.2 Å². The van der Waals surface area contributed by atoms with Gasteiger partial charge in [0.05, 0.1) is 6.54 Å². The van der Waals surface area contributed by atoms with Gasteiger partial charge < -0.3 is 9.64 Å². The lowest BCUT2D eigenvalue weighted by atomic mass is 10.2. The summed E-state index contributed by atoms with van der Waals surface area (Å²) in [6.45, 7) is 3.93. The van der Waals surface area contributed by atoms with Gasteiger partial charge in [0.25, 0.3) is 0 Å². The van der Waals surface area contributed by atoms with Crippen LogP contribution in [0, 0.1) is 0 Å². The molecular formula is C11H18N2O2. The number of likely N-dealkylation sites (N-methyl/N-ethyl adjacent to an activating group) is 1. The van der Waals surface area contributed by atoms with E-state index in [9.17, 15) is 4.79 Å². The van der Waals surface area contributed by atoms with E-state index in [0.29, 0.717) is 0 Å². The Bertz CT molecular complexity index is 265. The Morgan fingerprint density at radius 2 is 2.40 bits per heavy atom. The lowest BCUT2D eigenvalue weighted by Gasteiger charge is -2.23. The number of rotatable bonds is 3. The van der Waals surface area contributed by atoms with Crippen LogP contribution in [0.25, 0.3) is 0 Å². The second-order valence-corrected chi connectivity index (χ2v) is 4.24. The van der Waals surface area contributed by atoms with Crippen molar-refractivity contribution in [2.24, 2.45) is 0 Å². The maximum absolute atomic E-state index is 11.1. The van der Waals surface area contributed by atoms with Gasteiger partial charge in [0.2, 0.25) is 0 Å². The third-order valence-electron chi connectivity index (χ3n) is 2.97. The zero-order chi connectivity index (χ0) is 10.7. The monoisotopic (exact) mass is 210 g/mol. The first-order chi connectivity index (χ1) is 7.25. The van der Waals surface area contributed by atoms with Crippen molar-refractivity contribution < 1.29 is 9.53 Å². The SMILES string of the molecule is CN1C[C@@H](CCN2CC=CCC2)OC1=O. The Morgan fingerprint density at radius 1 is 1.53 bits per heavy atom. The van der Waals surface area contributed by atoms with Crippen LogP contribution >= 0.6 is 0 Å². The number of ether oxygens (including phenoxy) is 1. The molecule has 1 saturated heterocycles. The third-order valence-corrected chi connectivity index (χ3v) is 2.97. The molecule has 2 aliphatic rings. The summed E-state index contributed by atoms with van der Waals surface area (Å²) in [6.07, 6.45) is 6.43. The topological polar surface area (TPSA) is 32.8 Å². The van der Waals surface area contributed by atoms with Crippen molar-refractivity contribution in [3.8, 4) is 0 Å². The fourth-order valence-corrected chi connectivity index (χ4v) is 2.02. The molecule has 1 atom stereocenters. The van der Waals surface area contributed by atoms with Crippen molar-refractivity contribution in [3.05, 3.63) is 12.2 Å². The Kier molecular flexibility index (Phi) is 3.26. The van der Waals surface area contributed by atoms with E-state index in [1.807, 2.05) is 0 Å². The predicted octanol–water partition coefficient (Wildman–Crippen LogP) is 1.09. The minimum atomic E-state index is -0.182. The normalized spacial score (nSPS) is 27.1. The van der Waals surface area contributed by atoms with Crippen LogP contribution in [0.3, 0.4) is 0 Å². The van der Waals surface area contributed by atoms with E-state index in [1.165, 1.54) is 0 Å². The van der Waals surface area contributed by atoms with Crippen molar-refractivity contribution in [2.75, 3.05) is 33.2 Å². The van der Waals surface area contributed by atoms with Gasteiger partial charge in [-0.3, -0.25) is 4.90 Å². The molecule has 0 radical (unpaired) electrons. The van der Waals surface area contributed by atoms with Crippen molar-refractivity contribution in [3.63, 3.8) is 0 Å². The zero-order valence-electron chi connectivity index (χ0n) is 9.19. The molecule has 0 spiro atoms. The average Bonchev–Trinajstić information content (AvgIpc) is 2.57. The van der Waals surface area contributed by atoms with Gasteiger partial charge in [-0.05, 0) is 12.8 Å². The molecule has 0 saturated carbocycles. The van der Waals surface area contributed by atoms with E-state index in [0.717, 1.165) is 39.0 Å². The highest BCUT2D eigenvalue weighted by Crippen LogP contribution is 2.13. The van der Waals surface area contributed by atoms with Crippen LogP contribution in [-0.2, 0) is 4.74 Å². The van der Waals surface area contributed by atoms with Crippen LogP contribution in [0.5, 0.6) is 0 Å². The van der Waals surface area contributed by atoms with Gasteiger partial charge >= 0.3 is 6.09 Å². The fraction of sp³-hybridized carbons (Fsp3) is 0.727. The summed E-state index contributed by atoms with van der Waals surface area (Å²) in [7, 11) is 1.78. The molecule has 4 heteroatoms. The standard InChI is InChI=1S/C11H18N2O2/c1-12-9-10(15-11(12)14)5-8-13-6-3-2-4-7-13/h2-3,10H,4-9H2,1H3/t10-/m1/s1. The van der Waals surface area contributed by atoms with E-state index < -0.39 is 0 Å². The van der Waals surface area contributed by atoms with Crippen LogP contribution < -0.4 is 0 Å². The highest BCUT2D eigenvalue weighted by molar-refractivity contribution is 5.69. The molecule has 0 aromatic carbocycles. The molecule has 2 heterocycles. The molecule has 0 aliphatic carbocycles. The minimum absolute atomic E-state index is 0.0911. The first kappa shape index (κ1) is 10.5. The lowest BCUT2D eigenvalue weighted by Crippen LogP contribution is -2.31. The van der Waals surface area contributed by atoms with Gasteiger partial charge in [-0.1, -0.05) is 12.2 Å². The first-order valence-electron chi connectivity index (χ1n) is 5.55. The molecule has 0 unspecified atom stereocenters. The average molecular weight is 210 g/mol. The summed E-state index contributed by atoms with van der Waals surface area (Å²) in [5.41, 5.74) is 0. The fourth-order valence-electron chi connectivity index (χ4n) is 2.02. The Hall–Kier alpha value is -1.03. The van der Waals surface area contributed by atoms with E-state index in [4.69, 9.17) is 4.74 Å². The number of nitrogens with zero attached hydrogens (tertiary/aromatic N) is 2. The molecule has 1 amide bonds. The van der Waals surface area contributed by atoms with E-state index >= 15 is 0 Å². The number of cyclic esters (lactones) is 1. The van der Waals surface area contributed by atoms with E-state index in [1.54, 1.807) is 11.9 Å². The van der Waals surface area contributed by atoms with Crippen molar-refractivity contribution >= 4 is 6.09 Å².